The molecular formula is C25H24N2O2S. The number of hydrogen-bond acceptors (Lipinski definition) is 5. The Morgan fingerprint density at radius 1 is 1.17 bits per heavy atom. The molecule has 1 aliphatic heterocycles. The number of nitrogens with zero attached hydrogens (tertiary/aromatic N) is 1. The number of ether oxygens (including phenoxy) is 1. The summed E-state index contributed by atoms with van der Waals surface area (Å²) in [6.45, 7) is 2.33. The molecule has 0 amide bonds. The molecule has 30 heavy (non-hydrogen) atoms. The van der Waals surface area contributed by atoms with Crippen molar-refractivity contribution in [3.05, 3.63) is 88.5 Å². The van der Waals surface area contributed by atoms with Crippen LogP contribution in [0.5, 0.6) is 5.75 Å². The van der Waals surface area contributed by atoms with Crippen molar-refractivity contribution in [3.8, 4) is 17.2 Å². The zero-order valence-corrected chi connectivity index (χ0v) is 17.8. The van der Waals surface area contributed by atoms with E-state index >= 15 is 0 Å². The fraction of sp³-hybridized carbons (Fsp3) is 0.240. The number of oxazole rings is 1. The highest BCUT2D eigenvalue weighted by molar-refractivity contribution is 7.99. The molecule has 2 heterocycles. The number of nitrogens with one attached hydrogen (secondary N) is 1. The van der Waals surface area contributed by atoms with Crippen LogP contribution in [-0.4, -0.2) is 16.6 Å². The van der Waals surface area contributed by atoms with Crippen LogP contribution in [0.15, 0.2) is 70.3 Å². The minimum Gasteiger partial charge on any atom is -0.487 e. The molecule has 1 fully saturated rings. The van der Waals surface area contributed by atoms with Gasteiger partial charge in [-0.15, -0.1) is 11.8 Å². The van der Waals surface area contributed by atoms with Crippen molar-refractivity contribution >= 4 is 17.8 Å². The first-order valence-corrected chi connectivity index (χ1v) is 11.4. The van der Waals surface area contributed by atoms with Crippen molar-refractivity contribution in [2.75, 3.05) is 11.6 Å². The second-order valence-electron chi connectivity index (χ2n) is 7.60. The minimum atomic E-state index is 0.400. The number of rotatable bonds is 5. The number of hydrogen-bond donors (Lipinski definition) is 1. The van der Waals surface area contributed by atoms with E-state index in [2.05, 4.69) is 34.6 Å². The number of allylic oxidation sites excluding steroid dienone is 2. The van der Waals surface area contributed by atoms with Crippen LogP contribution in [0.2, 0.25) is 0 Å². The fourth-order valence-corrected chi connectivity index (χ4v) is 4.58. The van der Waals surface area contributed by atoms with E-state index in [9.17, 15) is 0 Å². The summed E-state index contributed by atoms with van der Waals surface area (Å²) < 4.78 is 11.9. The third-order valence-corrected chi connectivity index (χ3v) is 6.31. The largest absolute Gasteiger partial charge is 0.487 e. The Morgan fingerprint density at radius 3 is 2.90 bits per heavy atom. The lowest BCUT2D eigenvalue weighted by Crippen LogP contribution is -2.06. The molecule has 2 aromatic carbocycles. The highest BCUT2D eigenvalue weighted by atomic mass is 32.2. The minimum absolute atomic E-state index is 0.400. The maximum absolute atomic E-state index is 6.05. The van der Waals surface area contributed by atoms with Crippen LogP contribution in [0.1, 0.15) is 29.0 Å². The third kappa shape index (κ3) is 4.17. The number of aromatic nitrogens is 1. The summed E-state index contributed by atoms with van der Waals surface area (Å²) in [5, 5.41) is 3.44. The quantitative estimate of drug-likeness (QED) is 0.575. The van der Waals surface area contributed by atoms with Gasteiger partial charge in [0.1, 0.15) is 23.8 Å². The Kier molecular flexibility index (Phi) is 5.37. The number of thioether (sulfide) groups is 1. The topological polar surface area (TPSA) is 47.3 Å². The molecule has 5 heteroatoms. The van der Waals surface area contributed by atoms with Crippen LogP contribution in [0.3, 0.4) is 0 Å². The van der Waals surface area contributed by atoms with Crippen molar-refractivity contribution in [1.29, 1.82) is 0 Å². The highest BCUT2D eigenvalue weighted by Gasteiger charge is 2.14. The van der Waals surface area contributed by atoms with Gasteiger partial charge in [-0.2, -0.15) is 0 Å². The van der Waals surface area contributed by atoms with Gasteiger partial charge in [0.05, 0.1) is 5.88 Å². The average Bonchev–Trinajstić information content (AvgIpc) is 3.42. The van der Waals surface area contributed by atoms with E-state index in [1.807, 2.05) is 55.1 Å². The van der Waals surface area contributed by atoms with E-state index in [-0.39, 0.29) is 0 Å². The van der Waals surface area contributed by atoms with Gasteiger partial charge in [0, 0.05) is 17.0 Å². The van der Waals surface area contributed by atoms with Crippen LogP contribution < -0.4 is 10.1 Å². The summed E-state index contributed by atoms with van der Waals surface area (Å²) in [6.07, 6.45) is 6.71. The molecule has 1 saturated heterocycles. The first kappa shape index (κ1) is 19.1. The van der Waals surface area contributed by atoms with Crippen LogP contribution >= 0.6 is 11.8 Å². The van der Waals surface area contributed by atoms with Crippen LogP contribution in [0.25, 0.3) is 17.5 Å². The fourth-order valence-electron chi connectivity index (χ4n) is 3.78. The van der Waals surface area contributed by atoms with E-state index in [1.54, 1.807) is 0 Å². The van der Waals surface area contributed by atoms with Crippen molar-refractivity contribution in [2.45, 2.75) is 26.4 Å². The maximum Gasteiger partial charge on any atom is 0.226 e. The van der Waals surface area contributed by atoms with Gasteiger partial charge >= 0.3 is 0 Å². The molecule has 0 unspecified atom stereocenters. The average molecular weight is 417 g/mol. The molecule has 0 bridgehead atoms. The molecule has 4 nitrogen and oxygen atoms in total. The monoisotopic (exact) mass is 416 g/mol. The van der Waals surface area contributed by atoms with Gasteiger partial charge in [0.2, 0.25) is 5.89 Å². The zero-order valence-electron chi connectivity index (χ0n) is 17.0. The summed E-state index contributed by atoms with van der Waals surface area (Å²) in [5.41, 5.74) is 7.17. The standard InChI is InChI=1S/C25H24N2O2S/c1-17-24(27-25(29-17)19-5-3-2-4-6-19)14-28-23-10-9-20-11-18(7-8-21(20)13-23)12-22-15-30-16-26-22/h2-6,9-13,26H,7-8,14-16H2,1H3. The Balaban J connectivity index is 1.28. The second-order valence-corrected chi connectivity index (χ2v) is 8.58. The Hall–Kier alpha value is -2.92. The van der Waals surface area contributed by atoms with Crippen LogP contribution in [-0.2, 0) is 13.0 Å². The van der Waals surface area contributed by atoms with Crippen molar-refractivity contribution in [3.63, 3.8) is 0 Å². The first-order chi connectivity index (χ1) is 14.7. The van der Waals surface area contributed by atoms with E-state index in [4.69, 9.17) is 9.15 Å². The molecule has 152 valence electrons. The summed E-state index contributed by atoms with van der Waals surface area (Å²) in [5.74, 6) is 4.42. The summed E-state index contributed by atoms with van der Waals surface area (Å²) >= 11 is 1.93. The van der Waals surface area contributed by atoms with E-state index in [0.29, 0.717) is 12.5 Å². The Morgan fingerprint density at radius 2 is 2.07 bits per heavy atom. The number of fused-ring (bicyclic) bond motifs is 1. The lowest BCUT2D eigenvalue weighted by molar-refractivity contribution is 0.299. The van der Waals surface area contributed by atoms with Crippen molar-refractivity contribution in [2.24, 2.45) is 0 Å². The smallest absolute Gasteiger partial charge is 0.226 e. The Labute approximate surface area is 181 Å². The van der Waals surface area contributed by atoms with Crippen LogP contribution in [0.4, 0.5) is 0 Å². The number of aryl methyl sites for hydroxylation is 2. The first-order valence-electron chi connectivity index (χ1n) is 10.2. The van der Waals surface area contributed by atoms with E-state index in [0.717, 1.165) is 47.2 Å². The van der Waals surface area contributed by atoms with Crippen molar-refractivity contribution in [1.82, 2.24) is 10.3 Å². The van der Waals surface area contributed by atoms with E-state index in [1.165, 1.54) is 22.4 Å². The molecule has 0 radical (unpaired) electrons. The molecule has 0 spiro atoms. The normalized spacial score (nSPS) is 16.8. The molecule has 2 aliphatic rings. The molecular weight excluding hydrogens is 392 g/mol. The van der Waals surface area contributed by atoms with E-state index < -0.39 is 0 Å². The maximum atomic E-state index is 6.05. The molecule has 1 aromatic heterocycles. The predicted molar refractivity (Wildman–Crippen MR) is 122 cm³/mol. The molecule has 0 saturated carbocycles. The lowest BCUT2D eigenvalue weighted by atomic mass is 9.91. The summed E-state index contributed by atoms with van der Waals surface area (Å²) in [7, 11) is 0. The number of benzene rings is 2. The van der Waals surface area contributed by atoms with Crippen LogP contribution in [0, 0.1) is 6.92 Å². The van der Waals surface area contributed by atoms with Gasteiger partial charge in [-0.25, -0.2) is 4.98 Å². The Bertz CT molecular complexity index is 1110. The lowest BCUT2D eigenvalue weighted by Gasteiger charge is -2.16. The molecule has 1 N–H and O–H groups in total. The third-order valence-electron chi connectivity index (χ3n) is 5.45. The SMILES string of the molecule is Cc1oc(-c2ccccc2)nc1COc1ccc2c(c1)CCC(C=C1CSCN1)=C2. The van der Waals surface area contributed by atoms with Gasteiger partial charge < -0.3 is 14.5 Å². The second kappa shape index (κ2) is 8.44. The summed E-state index contributed by atoms with van der Waals surface area (Å²) in [6, 6.07) is 16.3. The molecule has 1 aliphatic carbocycles. The molecule has 0 atom stereocenters. The van der Waals surface area contributed by atoms with Gasteiger partial charge in [0.25, 0.3) is 0 Å². The predicted octanol–water partition coefficient (Wildman–Crippen LogP) is 5.74. The zero-order chi connectivity index (χ0) is 20.3. The highest BCUT2D eigenvalue weighted by Crippen LogP contribution is 2.30. The van der Waals surface area contributed by atoms with Gasteiger partial charge in [-0.1, -0.05) is 30.3 Å². The summed E-state index contributed by atoms with van der Waals surface area (Å²) in [4.78, 5) is 4.63. The molecule has 5 rings (SSSR count). The van der Waals surface area contributed by atoms with Gasteiger partial charge in [-0.05, 0) is 66.8 Å². The van der Waals surface area contributed by atoms with Gasteiger partial charge in [-0.3, -0.25) is 0 Å². The van der Waals surface area contributed by atoms with Crippen molar-refractivity contribution < 1.29 is 9.15 Å². The molecule has 3 aromatic rings. The van der Waals surface area contributed by atoms with Gasteiger partial charge in [0.15, 0.2) is 0 Å².